The molecule has 1 fully saturated rings. The molecule has 0 unspecified atom stereocenters. The van der Waals surface area contributed by atoms with Crippen molar-refractivity contribution >= 4 is 17.2 Å². The molecule has 25 heavy (non-hydrogen) atoms. The molecular formula is C15H19N5O5. The Morgan fingerprint density at radius 1 is 1.40 bits per heavy atom. The first-order valence-electron chi connectivity index (χ1n) is 8.18. The standard InChI is InChI=1S/C15H19N5O5/c1-4-25-10(21)7-18-15(22)13-12(20(23)24)11(9-5-6-9)16-19(13)14(17-18)8(2)3/h8-9H,4-7H2,1-3H3. The van der Waals surface area contributed by atoms with Gasteiger partial charge in [-0.25, -0.2) is 9.20 Å². The third-order valence-electron chi connectivity index (χ3n) is 4.01. The predicted molar refractivity (Wildman–Crippen MR) is 86.6 cm³/mol. The van der Waals surface area contributed by atoms with Gasteiger partial charge in [-0.3, -0.25) is 19.7 Å². The minimum Gasteiger partial charge on any atom is -0.465 e. The van der Waals surface area contributed by atoms with Crippen LogP contribution in [0.25, 0.3) is 5.52 Å². The van der Waals surface area contributed by atoms with Crippen LogP contribution in [0.4, 0.5) is 5.69 Å². The van der Waals surface area contributed by atoms with E-state index in [2.05, 4.69) is 10.2 Å². The smallest absolute Gasteiger partial charge is 0.327 e. The lowest BCUT2D eigenvalue weighted by Crippen LogP contribution is -2.31. The molecule has 0 saturated heterocycles. The summed E-state index contributed by atoms with van der Waals surface area (Å²) in [5.74, 6) is -0.393. The molecule has 2 aromatic rings. The first kappa shape index (κ1) is 17.1. The average molecular weight is 349 g/mol. The summed E-state index contributed by atoms with van der Waals surface area (Å²) in [4.78, 5) is 35.5. The average Bonchev–Trinajstić information content (AvgIpc) is 3.29. The second kappa shape index (κ2) is 6.26. The maximum absolute atomic E-state index is 12.8. The maximum Gasteiger partial charge on any atom is 0.327 e. The maximum atomic E-state index is 12.8. The number of nitro groups is 1. The molecule has 10 heteroatoms. The molecule has 2 aromatic heterocycles. The molecule has 1 aliphatic rings. The van der Waals surface area contributed by atoms with Gasteiger partial charge in [0.15, 0.2) is 5.82 Å². The van der Waals surface area contributed by atoms with Crippen LogP contribution in [0.5, 0.6) is 0 Å². The van der Waals surface area contributed by atoms with E-state index in [1.807, 2.05) is 13.8 Å². The summed E-state index contributed by atoms with van der Waals surface area (Å²) in [5, 5.41) is 20.1. The minimum absolute atomic E-state index is 0.00165. The number of carbonyl (C=O) groups excluding carboxylic acids is 1. The summed E-state index contributed by atoms with van der Waals surface area (Å²) < 4.78 is 7.04. The summed E-state index contributed by atoms with van der Waals surface area (Å²) >= 11 is 0. The second-order valence-corrected chi connectivity index (χ2v) is 6.31. The van der Waals surface area contributed by atoms with E-state index in [-0.39, 0.29) is 29.6 Å². The Kier molecular flexibility index (Phi) is 4.27. The van der Waals surface area contributed by atoms with E-state index < -0.39 is 23.0 Å². The molecule has 0 aliphatic heterocycles. The fraction of sp³-hybridized carbons (Fsp3) is 0.600. The van der Waals surface area contributed by atoms with Crippen molar-refractivity contribution in [1.82, 2.24) is 19.4 Å². The van der Waals surface area contributed by atoms with E-state index in [9.17, 15) is 19.7 Å². The van der Waals surface area contributed by atoms with Crippen LogP contribution in [0.2, 0.25) is 0 Å². The molecule has 0 radical (unpaired) electrons. The van der Waals surface area contributed by atoms with Crippen LogP contribution in [0.1, 0.15) is 57.0 Å². The molecule has 0 aromatic carbocycles. The highest BCUT2D eigenvalue weighted by Gasteiger charge is 2.38. The summed E-state index contributed by atoms with van der Waals surface area (Å²) in [5.41, 5.74) is -0.826. The van der Waals surface area contributed by atoms with Gasteiger partial charge in [0.2, 0.25) is 5.52 Å². The van der Waals surface area contributed by atoms with Crippen molar-refractivity contribution in [3.8, 4) is 0 Å². The van der Waals surface area contributed by atoms with Crippen LogP contribution in [-0.4, -0.2) is 36.9 Å². The van der Waals surface area contributed by atoms with Gasteiger partial charge >= 0.3 is 17.2 Å². The van der Waals surface area contributed by atoms with Gasteiger partial charge in [0.25, 0.3) is 0 Å². The largest absolute Gasteiger partial charge is 0.465 e. The zero-order valence-electron chi connectivity index (χ0n) is 14.3. The summed E-state index contributed by atoms with van der Waals surface area (Å²) in [6, 6.07) is 0. The number of ether oxygens (including phenoxy) is 1. The molecule has 1 saturated carbocycles. The number of hydrogen-bond donors (Lipinski definition) is 0. The Hall–Kier alpha value is -2.78. The number of rotatable bonds is 6. The molecular weight excluding hydrogens is 330 g/mol. The van der Waals surface area contributed by atoms with E-state index >= 15 is 0 Å². The van der Waals surface area contributed by atoms with Gasteiger partial charge < -0.3 is 4.74 Å². The van der Waals surface area contributed by atoms with Crippen LogP contribution in [0.15, 0.2) is 4.79 Å². The van der Waals surface area contributed by atoms with E-state index in [0.29, 0.717) is 11.5 Å². The molecule has 0 amide bonds. The predicted octanol–water partition coefficient (Wildman–Crippen LogP) is 1.36. The highest BCUT2D eigenvalue weighted by molar-refractivity contribution is 5.70. The number of nitrogens with zero attached hydrogens (tertiary/aromatic N) is 5. The molecule has 2 heterocycles. The molecule has 1 aliphatic carbocycles. The highest BCUT2D eigenvalue weighted by atomic mass is 16.6. The lowest BCUT2D eigenvalue weighted by Gasteiger charge is -2.10. The minimum atomic E-state index is -0.719. The van der Waals surface area contributed by atoms with Crippen molar-refractivity contribution in [3.05, 3.63) is 32.0 Å². The zero-order valence-corrected chi connectivity index (χ0v) is 14.3. The SMILES string of the molecule is CCOC(=O)Cn1nc(C(C)C)n2nc(C3CC3)c([N+](=O)[O-])c2c1=O. The van der Waals surface area contributed by atoms with Crippen molar-refractivity contribution in [2.75, 3.05) is 6.61 Å². The van der Waals surface area contributed by atoms with Crippen LogP contribution in [0.3, 0.4) is 0 Å². The van der Waals surface area contributed by atoms with E-state index in [1.165, 1.54) is 4.52 Å². The lowest BCUT2D eigenvalue weighted by atomic mass is 10.2. The molecule has 0 bridgehead atoms. The Morgan fingerprint density at radius 3 is 2.60 bits per heavy atom. The van der Waals surface area contributed by atoms with Gasteiger partial charge in [-0.1, -0.05) is 13.8 Å². The molecule has 134 valence electrons. The van der Waals surface area contributed by atoms with Crippen molar-refractivity contribution in [3.63, 3.8) is 0 Å². The van der Waals surface area contributed by atoms with Gasteiger partial charge in [0, 0.05) is 11.8 Å². The monoisotopic (exact) mass is 349 g/mol. The summed E-state index contributed by atoms with van der Waals surface area (Å²) in [7, 11) is 0. The highest BCUT2D eigenvalue weighted by Crippen LogP contribution is 2.44. The fourth-order valence-electron chi connectivity index (χ4n) is 2.73. The number of fused-ring (bicyclic) bond motifs is 1. The Bertz CT molecular complexity index is 909. The number of aromatic nitrogens is 4. The number of hydrogen-bond acceptors (Lipinski definition) is 7. The van der Waals surface area contributed by atoms with E-state index in [0.717, 1.165) is 17.5 Å². The van der Waals surface area contributed by atoms with Gasteiger partial charge in [-0.05, 0) is 19.8 Å². The Balaban J connectivity index is 2.28. The fourth-order valence-corrected chi connectivity index (χ4v) is 2.73. The van der Waals surface area contributed by atoms with Gasteiger partial charge in [-0.2, -0.15) is 10.2 Å². The van der Waals surface area contributed by atoms with Crippen LogP contribution in [0, 0.1) is 10.1 Å². The van der Waals surface area contributed by atoms with Gasteiger partial charge in [0.05, 0.1) is 11.5 Å². The molecule has 0 spiro atoms. The molecule has 0 N–H and O–H groups in total. The lowest BCUT2D eigenvalue weighted by molar-refractivity contribution is -0.383. The van der Waals surface area contributed by atoms with Gasteiger partial charge in [0.1, 0.15) is 12.2 Å². The van der Waals surface area contributed by atoms with Crippen molar-refractivity contribution in [2.24, 2.45) is 0 Å². The van der Waals surface area contributed by atoms with Gasteiger partial charge in [-0.15, -0.1) is 0 Å². The Labute approximate surface area is 142 Å². The quantitative estimate of drug-likeness (QED) is 0.438. The topological polar surface area (TPSA) is 122 Å². The van der Waals surface area contributed by atoms with Crippen molar-refractivity contribution < 1.29 is 14.5 Å². The second-order valence-electron chi connectivity index (χ2n) is 6.31. The third-order valence-corrected chi connectivity index (χ3v) is 4.01. The van der Waals surface area contributed by atoms with Crippen LogP contribution >= 0.6 is 0 Å². The molecule has 3 rings (SSSR count). The number of carbonyl (C=O) groups is 1. The normalized spacial score (nSPS) is 14.2. The third kappa shape index (κ3) is 2.99. The van der Waals surface area contributed by atoms with Crippen molar-refractivity contribution in [2.45, 2.75) is 52.0 Å². The van der Waals surface area contributed by atoms with E-state index in [4.69, 9.17) is 4.74 Å². The number of esters is 1. The summed E-state index contributed by atoms with van der Waals surface area (Å²) in [6.07, 6.45) is 1.62. The first-order valence-corrected chi connectivity index (χ1v) is 8.18. The Morgan fingerprint density at radius 2 is 2.08 bits per heavy atom. The van der Waals surface area contributed by atoms with Crippen LogP contribution < -0.4 is 5.56 Å². The van der Waals surface area contributed by atoms with E-state index in [1.54, 1.807) is 6.92 Å². The first-order chi connectivity index (χ1) is 11.8. The summed E-state index contributed by atoms with van der Waals surface area (Å²) in [6.45, 7) is 5.10. The zero-order chi connectivity index (χ0) is 18.3. The van der Waals surface area contributed by atoms with Crippen LogP contribution in [-0.2, 0) is 16.1 Å². The molecule has 0 atom stereocenters. The van der Waals surface area contributed by atoms with Crippen molar-refractivity contribution in [1.29, 1.82) is 0 Å². The molecule has 10 nitrogen and oxygen atoms in total.